The lowest BCUT2D eigenvalue weighted by Gasteiger charge is -2.11. The molecule has 0 saturated carbocycles. The van der Waals surface area contributed by atoms with Crippen LogP contribution in [0.4, 0.5) is 0 Å². The molecule has 0 bridgehead atoms. The quantitative estimate of drug-likeness (QED) is 0.793. The molecule has 136 valence electrons. The Morgan fingerprint density at radius 3 is 2.12 bits per heavy atom. The Labute approximate surface area is 148 Å². The summed E-state index contributed by atoms with van der Waals surface area (Å²) in [7, 11) is -7.11. The topological polar surface area (TPSA) is 89.5 Å². The highest BCUT2D eigenvalue weighted by Gasteiger charge is 2.15. The smallest absolute Gasteiger partial charge is 0.240 e. The average Bonchev–Trinajstić information content (AvgIpc) is 2.52. The molecule has 0 amide bonds. The van der Waals surface area contributed by atoms with E-state index in [1.807, 2.05) is 19.9 Å². The summed E-state index contributed by atoms with van der Waals surface area (Å²) >= 11 is 0. The van der Waals surface area contributed by atoms with Gasteiger partial charge in [-0.05, 0) is 55.8 Å². The van der Waals surface area contributed by atoms with Gasteiger partial charge in [0.25, 0.3) is 0 Å². The van der Waals surface area contributed by atoms with E-state index in [0.717, 1.165) is 11.8 Å². The molecule has 0 aliphatic heterocycles. The maximum Gasteiger partial charge on any atom is 0.240 e. The molecule has 1 N–H and O–H groups in total. The summed E-state index contributed by atoms with van der Waals surface area (Å²) in [6.07, 6.45) is 1.10. The number of hydrogen-bond donors (Lipinski definition) is 1. The Morgan fingerprint density at radius 2 is 1.56 bits per heavy atom. The fourth-order valence-electron chi connectivity index (χ4n) is 2.13. The zero-order chi connectivity index (χ0) is 18.7. The molecule has 0 aromatic heterocycles. The van der Waals surface area contributed by atoms with Gasteiger partial charge in [0.15, 0.2) is 9.84 Å². The van der Waals surface area contributed by atoms with Crippen LogP contribution in [-0.2, 0) is 26.4 Å². The van der Waals surface area contributed by atoms with Crippen LogP contribution in [0.3, 0.4) is 0 Å². The summed E-state index contributed by atoms with van der Waals surface area (Å²) in [5.74, 6) is 0.671. The van der Waals surface area contributed by atoms with Crippen molar-refractivity contribution >= 4 is 19.9 Å². The van der Waals surface area contributed by atoms with Gasteiger partial charge in [-0.25, -0.2) is 21.6 Å². The molecule has 2 rings (SSSR count). The number of ether oxygens (including phenoxy) is 1. The molecular formula is C17H21NO5S2. The lowest BCUT2D eigenvalue weighted by Crippen LogP contribution is -2.23. The SMILES string of the molecule is CC(C)Oc1cccc(CNS(=O)(=O)c2ccc(S(C)(=O)=O)cc2)c1. The zero-order valence-electron chi connectivity index (χ0n) is 14.3. The minimum Gasteiger partial charge on any atom is -0.491 e. The van der Waals surface area contributed by atoms with Crippen LogP contribution in [0.5, 0.6) is 5.75 Å². The van der Waals surface area contributed by atoms with E-state index < -0.39 is 19.9 Å². The van der Waals surface area contributed by atoms with E-state index in [1.54, 1.807) is 18.2 Å². The van der Waals surface area contributed by atoms with E-state index in [2.05, 4.69) is 4.72 Å². The molecule has 0 unspecified atom stereocenters. The van der Waals surface area contributed by atoms with Crippen molar-refractivity contribution in [2.45, 2.75) is 36.3 Å². The fraction of sp³-hybridized carbons (Fsp3) is 0.294. The first-order chi connectivity index (χ1) is 11.6. The molecule has 0 fully saturated rings. The molecule has 0 heterocycles. The largest absolute Gasteiger partial charge is 0.491 e. The molecule has 0 atom stereocenters. The molecule has 0 aliphatic rings. The van der Waals surface area contributed by atoms with E-state index in [4.69, 9.17) is 4.74 Å². The van der Waals surface area contributed by atoms with Crippen molar-refractivity contribution in [2.24, 2.45) is 0 Å². The zero-order valence-corrected chi connectivity index (χ0v) is 15.9. The van der Waals surface area contributed by atoms with Gasteiger partial charge in [-0.1, -0.05) is 12.1 Å². The highest BCUT2D eigenvalue weighted by molar-refractivity contribution is 7.90. The maximum atomic E-state index is 12.3. The van der Waals surface area contributed by atoms with Gasteiger partial charge >= 0.3 is 0 Å². The predicted molar refractivity (Wildman–Crippen MR) is 95.8 cm³/mol. The van der Waals surface area contributed by atoms with E-state index in [9.17, 15) is 16.8 Å². The Balaban J connectivity index is 2.11. The summed E-state index contributed by atoms with van der Waals surface area (Å²) in [4.78, 5) is 0.0828. The Morgan fingerprint density at radius 1 is 0.960 bits per heavy atom. The van der Waals surface area contributed by atoms with Crippen molar-refractivity contribution in [1.29, 1.82) is 0 Å². The first kappa shape index (κ1) is 19.4. The normalized spacial score (nSPS) is 12.3. The van der Waals surface area contributed by atoms with E-state index in [-0.39, 0.29) is 22.4 Å². The molecule has 0 aliphatic carbocycles. The van der Waals surface area contributed by atoms with Crippen LogP contribution in [0.2, 0.25) is 0 Å². The maximum absolute atomic E-state index is 12.3. The number of nitrogens with one attached hydrogen (secondary N) is 1. The highest BCUT2D eigenvalue weighted by Crippen LogP contribution is 2.17. The number of benzene rings is 2. The molecule has 6 nitrogen and oxygen atoms in total. The van der Waals surface area contributed by atoms with Gasteiger partial charge in [-0.15, -0.1) is 0 Å². The summed E-state index contributed by atoms with van der Waals surface area (Å²) in [5.41, 5.74) is 0.759. The van der Waals surface area contributed by atoms with Gasteiger partial charge in [0.2, 0.25) is 10.0 Å². The number of sulfone groups is 1. The number of hydrogen-bond acceptors (Lipinski definition) is 5. The van der Waals surface area contributed by atoms with Crippen LogP contribution in [0.1, 0.15) is 19.4 Å². The fourth-order valence-corrected chi connectivity index (χ4v) is 3.78. The van der Waals surface area contributed by atoms with Crippen molar-refractivity contribution in [2.75, 3.05) is 6.26 Å². The molecule has 0 radical (unpaired) electrons. The van der Waals surface area contributed by atoms with Gasteiger partial charge in [0, 0.05) is 12.8 Å². The monoisotopic (exact) mass is 383 g/mol. The predicted octanol–water partition coefficient (Wildman–Crippen LogP) is 2.36. The van der Waals surface area contributed by atoms with Gasteiger partial charge in [0.1, 0.15) is 5.75 Å². The van der Waals surface area contributed by atoms with Crippen molar-refractivity contribution in [3.63, 3.8) is 0 Å². The summed E-state index contributed by atoms with van der Waals surface area (Å²) < 4.78 is 55.6. The third kappa shape index (κ3) is 5.55. The minimum absolute atomic E-state index is 0.00878. The van der Waals surface area contributed by atoms with Gasteiger partial charge < -0.3 is 4.74 Å². The van der Waals surface area contributed by atoms with Gasteiger partial charge in [0.05, 0.1) is 15.9 Å². The number of sulfonamides is 1. The minimum atomic E-state index is -3.74. The molecule has 0 saturated heterocycles. The van der Waals surface area contributed by atoms with Crippen LogP contribution in [0.25, 0.3) is 0 Å². The first-order valence-electron chi connectivity index (χ1n) is 7.63. The third-order valence-electron chi connectivity index (χ3n) is 3.30. The molecule has 2 aromatic rings. The highest BCUT2D eigenvalue weighted by atomic mass is 32.2. The summed E-state index contributed by atoms with van der Waals surface area (Å²) in [6.45, 7) is 3.93. The Bertz CT molecular complexity index is 933. The Kier molecular flexibility index (Phi) is 5.87. The summed E-state index contributed by atoms with van der Waals surface area (Å²) in [6, 6.07) is 12.3. The Hall–Kier alpha value is -1.90. The summed E-state index contributed by atoms with van der Waals surface area (Å²) in [5, 5.41) is 0. The second-order valence-corrected chi connectivity index (χ2v) is 9.66. The second kappa shape index (κ2) is 7.55. The van der Waals surface area contributed by atoms with Crippen molar-refractivity contribution in [1.82, 2.24) is 4.72 Å². The van der Waals surface area contributed by atoms with Crippen molar-refractivity contribution in [3.8, 4) is 5.75 Å². The standard InChI is InChI=1S/C17H21NO5S2/c1-13(2)23-15-6-4-5-14(11-15)12-18-25(21,22)17-9-7-16(8-10-17)24(3,19)20/h4-11,13,18H,12H2,1-3H3. The molecule has 2 aromatic carbocycles. The second-order valence-electron chi connectivity index (χ2n) is 5.88. The van der Waals surface area contributed by atoms with Crippen LogP contribution in [-0.4, -0.2) is 29.2 Å². The lowest BCUT2D eigenvalue weighted by atomic mass is 10.2. The molecule has 8 heteroatoms. The van der Waals surface area contributed by atoms with Crippen LogP contribution < -0.4 is 9.46 Å². The van der Waals surface area contributed by atoms with Gasteiger partial charge in [-0.2, -0.15) is 0 Å². The van der Waals surface area contributed by atoms with E-state index in [1.165, 1.54) is 24.3 Å². The van der Waals surface area contributed by atoms with E-state index >= 15 is 0 Å². The van der Waals surface area contributed by atoms with Crippen LogP contribution in [0, 0.1) is 0 Å². The van der Waals surface area contributed by atoms with Gasteiger partial charge in [-0.3, -0.25) is 0 Å². The lowest BCUT2D eigenvalue weighted by molar-refractivity contribution is 0.242. The first-order valence-corrected chi connectivity index (χ1v) is 11.0. The molecular weight excluding hydrogens is 362 g/mol. The van der Waals surface area contributed by atoms with Crippen LogP contribution >= 0.6 is 0 Å². The third-order valence-corrected chi connectivity index (χ3v) is 5.84. The molecule has 25 heavy (non-hydrogen) atoms. The number of rotatable bonds is 7. The van der Waals surface area contributed by atoms with Crippen molar-refractivity contribution in [3.05, 3.63) is 54.1 Å². The van der Waals surface area contributed by atoms with E-state index in [0.29, 0.717) is 5.75 Å². The van der Waals surface area contributed by atoms with Crippen molar-refractivity contribution < 1.29 is 21.6 Å². The average molecular weight is 383 g/mol. The molecule has 0 spiro atoms. The van der Waals surface area contributed by atoms with Crippen LogP contribution in [0.15, 0.2) is 58.3 Å².